The Bertz CT molecular complexity index is 793. The van der Waals surface area contributed by atoms with Crippen molar-refractivity contribution >= 4 is 45.6 Å². The molecule has 1 aromatic heterocycles. The van der Waals surface area contributed by atoms with Gasteiger partial charge in [-0.2, -0.15) is 0 Å². The van der Waals surface area contributed by atoms with E-state index >= 15 is 0 Å². The van der Waals surface area contributed by atoms with Gasteiger partial charge in [0.25, 0.3) is 0 Å². The molecule has 1 N–H and O–H groups in total. The Hall–Kier alpha value is -2.12. The van der Waals surface area contributed by atoms with Gasteiger partial charge in [0.05, 0.1) is 18.1 Å². The first kappa shape index (κ1) is 16.7. The Morgan fingerprint density at radius 2 is 2.29 bits per heavy atom. The average molecular weight is 366 g/mol. The summed E-state index contributed by atoms with van der Waals surface area (Å²) >= 11 is 7.52. The summed E-state index contributed by atoms with van der Waals surface area (Å²) in [7, 11) is 1.53. The van der Waals surface area contributed by atoms with Crippen LogP contribution >= 0.6 is 22.9 Å². The topological polar surface area (TPSA) is 71.5 Å². The average Bonchev–Trinajstić information content (AvgIpc) is 3.13. The van der Waals surface area contributed by atoms with E-state index in [0.29, 0.717) is 28.1 Å². The maximum absolute atomic E-state index is 12.3. The number of rotatable bonds is 4. The zero-order valence-corrected chi connectivity index (χ0v) is 14.8. The van der Waals surface area contributed by atoms with Crippen LogP contribution in [0.3, 0.4) is 0 Å². The van der Waals surface area contributed by atoms with Crippen LogP contribution in [0.5, 0.6) is 5.75 Å². The largest absolute Gasteiger partial charge is 0.495 e. The summed E-state index contributed by atoms with van der Waals surface area (Å²) in [6.07, 6.45) is 1.87. The molecule has 126 valence electrons. The fourth-order valence-electron chi connectivity index (χ4n) is 2.58. The number of thiazole rings is 1. The molecule has 1 unspecified atom stereocenters. The molecule has 8 heteroatoms. The lowest BCUT2D eigenvalue weighted by Gasteiger charge is -2.17. The molecular weight excluding hydrogens is 350 g/mol. The van der Waals surface area contributed by atoms with E-state index in [1.807, 2.05) is 6.92 Å². The van der Waals surface area contributed by atoms with Gasteiger partial charge in [0, 0.05) is 29.7 Å². The van der Waals surface area contributed by atoms with Crippen LogP contribution in [0.15, 0.2) is 24.4 Å². The number of halogens is 1. The third-order valence-electron chi connectivity index (χ3n) is 3.79. The number of benzene rings is 1. The lowest BCUT2D eigenvalue weighted by molar-refractivity contribution is -0.122. The van der Waals surface area contributed by atoms with Gasteiger partial charge in [-0.25, -0.2) is 4.98 Å². The molecule has 1 aliphatic heterocycles. The number of anilines is 2. The van der Waals surface area contributed by atoms with Crippen LogP contribution in [0.2, 0.25) is 5.02 Å². The Balaban J connectivity index is 1.71. The highest BCUT2D eigenvalue weighted by Gasteiger charge is 2.35. The highest BCUT2D eigenvalue weighted by molar-refractivity contribution is 7.15. The molecule has 2 amide bonds. The second kappa shape index (κ2) is 6.78. The van der Waals surface area contributed by atoms with Gasteiger partial charge in [-0.3, -0.25) is 9.59 Å². The van der Waals surface area contributed by atoms with E-state index in [0.717, 1.165) is 4.88 Å². The van der Waals surface area contributed by atoms with E-state index in [2.05, 4.69) is 10.3 Å². The molecule has 3 rings (SSSR count). The van der Waals surface area contributed by atoms with Crippen molar-refractivity contribution in [3.8, 4) is 5.75 Å². The minimum Gasteiger partial charge on any atom is -0.495 e. The Morgan fingerprint density at radius 1 is 1.50 bits per heavy atom. The van der Waals surface area contributed by atoms with Crippen molar-refractivity contribution in [3.05, 3.63) is 34.3 Å². The van der Waals surface area contributed by atoms with Gasteiger partial charge in [0.15, 0.2) is 5.13 Å². The molecular formula is C16H16ClN3O3S. The lowest BCUT2D eigenvalue weighted by atomic mass is 10.1. The van der Waals surface area contributed by atoms with Gasteiger partial charge in [0.1, 0.15) is 5.75 Å². The quantitative estimate of drug-likeness (QED) is 0.903. The molecule has 0 radical (unpaired) electrons. The van der Waals surface area contributed by atoms with Gasteiger partial charge in [-0.15, -0.1) is 11.3 Å². The smallest absolute Gasteiger partial charge is 0.231 e. The molecule has 1 saturated heterocycles. The van der Waals surface area contributed by atoms with Crippen LogP contribution in [0.4, 0.5) is 10.8 Å². The minimum atomic E-state index is -0.414. The molecule has 1 fully saturated rings. The van der Waals surface area contributed by atoms with E-state index in [4.69, 9.17) is 16.3 Å². The molecule has 0 saturated carbocycles. The monoisotopic (exact) mass is 365 g/mol. The number of aryl methyl sites for hydroxylation is 1. The van der Waals surface area contributed by atoms with E-state index in [9.17, 15) is 9.59 Å². The molecule has 1 aromatic carbocycles. The summed E-state index contributed by atoms with van der Waals surface area (Å²) in [5.74, 6) is -0.172. The molecule has 0 spiro atoms. The number of carbonyl (C=O) groups excluding carboxylic acids is 2. The second-order valence-electron chi connectivity index (χ2n) is 5.49. The van der Waals surface area contributed by atoms with Crippen LogP contribution in [0.1, 0.15) is 11.3 Å². The summed E-state index contributed by atoms with van der Waals surface area (Å²) in [5.41, 5.74) is 0.659. The van der Waals surface area contributed by atoms with Crippen molar-refractivity contribution in [1.82, 2.24) is 4.98 Å². The molecule has 2 aromatic rings. The standard InChI is InChI=1S/C16H16ClN3O3S/c1-9-7-18-16(24-9)19-15(22)10-5-14(21)20(8-10)11-3-4-13(23-2)12(17)6-11/h3-4,6-7,10H,5,8H2,1-2H3,(H,18,19,22). The minimum absolute atomic E-state index is 0.105. The number of hydrogen-bond acceptors (Lipinski definition) is 5. The number of nitrogens with zero attached hydrogens (tertiary/aromatic N) is 2. The normalized spacial score (nSPS) is 17.2. The van der Waals surface area contributed by atoms with Gasteiger partial charge >= 0.3 is 0 Å². The Labute approximate surface area is 148 Å². The van der Waals surface area contributed by atoms with Gasteiger partial charge in [-0.05, 0) is 25.1 Å². The third kappa shape index (κ3) is 3.37. The van der Waals surface area contributed by atoms with Gasteiger partial charge < -0.3 is 15.0 Å². The maximum Gasteiger partial charge on any atom is 0.231 e. The third-order valence-corrected chi connectivity index (χ3v) is 4.92. The van der Waals surface area contributed by atoms with Crippen molar-refractivity contribution in [2.45, 2.75) is 13.3 Å². The molecule has 1 aliphatic rings. The predicted molar refractivity (Wildman–Crippen MR) is 93.9 cm³/mol. The summed E-state index contributed by atoms with van der Waals surface area (Å²) in [4.78, 5) is 31.3. The van der Waals surface area contributed by atoms with Crippen LogP contribution in [-0.2, 0) is 9.59 Å². The Kier molecular flexibility index (Phi) is 4.73. The molecule has 1 atom stereocenters. The number of amides is 2. The highest BCUT2D eigenvalue weighted by atomic mass is 35.5. The van der Waals surface area contributed by atoms with E-state index in [-0.39, 0.29) is 18.2 Å². The SMILES string of the molecule is COc1ccc(N2CC(C(=O)Nc3ncc(C)s3)CC2=O)cc1Cl. The fraction of sp³-hybridized carbons (Fsp3) is 0.312. The number of aromatic nitrogens is 1. The predicted octanol–water partition coefficient (Wildman–Crippen LogP) is 3.11. The molecule has 0 bridgehead atoms. The summed E-state index contributed by atoms with van der Waals surface area (Å²) < 4.78 is 5.11. The van der Waals surface area contributed by atoms with Crippen LogP contribution in [0.25, 0.3) is 0 Å². The Morgan fingerprint density at radius 3 is 2.92 bits per heavy atom. The van der Waals surface area contributed by atoms with Crippen molar-refractivity contribution in [2.75, 3.05) is 23.9 Å². The fourth-order valence-corrected chi connectivity index (χ4v) is 3.50. The second-order valence-corrected chi connectivity index (χ2v) is 7.13. The van der Waals surface area contributed by atoms with Crippen LogP contribution in [-0.4, -0.2) is 30.5 Å². The first-order chi connectivity index (χ1) is 11.5. The van der Waals surface area contributed by atoms with E-state index < -0.39 is 5.92 Å². The summed E-state index contributed by atoms with van der Waals surface area (Å²) in [5, 5.41) is 3.75. The number of hydrogen-bond donors (Lipinski definition) is 1. The summed E-state index contributed by atoms with van der Waals surface area (Å²) in [6.45, 7) is 2.24. The molecule has 24 heavy (non-hydrogen) atoms. The molecule has 2 heterocycles. The summed E-state index contributed by atoms with van der Waals surface area (Å²) in [6, 6.07) is 5.13. The van der Waals surface area contributed by atoms with Gasteiger partial charge in [-0.1, -0.05) is 11.6 Å². The van der Waals surface area contributed by atoms with Crippen molar-refractivity contribution < 1.29 is 14.3 Å². The lowest BCUT2D eigenvalue weighted by Crippen LogP contribution is -2.28. The highest BCUT2D eigenvalue weighted by Crippen LogP contribution is 2.32. The maximum atomic E-state index is 12.3. The zero-order valence-electron chi connectivity index (χ0n) is 13.2. The number of carbonyl (C=O) groups is 2. The number of methoxy groups -OCH3 is 1. The molecule has 6 nitrogen and oxygen atoms in total. The van der Waals surface area contributed by atoms with Gasteiger partial charge in [0.2, 0.25) is 11.8 Å². The number of nitrogens with one attached hydrogen (secondary N) is 1. The zero-order chi connectivity index (χ0) is 17.3. The van der Waals surface area contributed by atoms with E-state index in [1.165, 1.54) is 18.4 Å². The van der Waals surface area contributed by atoms with E-state index in [1.54, 1.807) is 29.3 Å². The first-order valence-corrected chi connectivity index (χ1v) is 8.54. The first-order valence-electron chi connectivity index (χ1n) is 7.35. The van der Waals surface area contributed by atoms with Crippen molar-refractivity contribution in [2.24, 2.45) is 5.92 Å². The van der Waals surface area contributed by atoms with Crippen molar-refractivity contribution in [3.63, 3.8) is 0 Å². The van der Waals surface area contributed by atoms with Crippen molar-refractivity contribution in [1.29, 1.82) is 0 Å². The molecule has 0 aliphatic carbocycles. The van der Waals surface area contributed by atoms with Crippen LogP contribution < -0.4 is 15.0 Å². The van der Waals surface area contributed by atoms with Crippen LogP contribution in [0, 0.1) is 12.8 Å². The number of ether oxygens (including phenoxy) is 1.